The molecule has 0 aromatic carbocycles. The van der Waals surface area contributed by atoms with Gasteiger partial charge in [0.2, 0.25) is 5.88 Å². The van der Waals surface area contributed by atoms with Gasteiger partial charge in [0.05, 0.1) is 6.61 Å². The van der Waals surface area contributed by atoms with Crippen LogP contribution in [-0.4, -0.2) is 47.4 Å². The lowest BCUT2D eigenvalue weighted by atomic mass is 10.0. The number of ether oxygens (including phenoxy) is 2. The number of nitrogens with one attached hydrogen (secondary N) is 1. The van der Waals surface area contributed by atoms with Gasteiger partial charge in [-0.15, -0.1) is 0 Å². The molecule has 1 aliphatic heterocycles. The number of nitrogens with zero attached hydrogens (tertiary/aromatic N) is 3. The van der Waals surface area contributed by atoms with Crippen LogP contribution in [0.15, 0.2) is 12.4 Å². The smallest absolute Gasteiger partial charge is 0.407 e. The summed E-state index contributed by atoms with van der Waals surface area (Å²) in [7, 11) is 0. The van der Waals surface area contributed by atoms with E-state index in [1.165, 1.54) is 6.33 Å². The number of aromatic nitrogens is 2. The molecule has 0 radical (unpaired) electrons. The van der Waals surface area contributed by atoms with Gasteiger partial charge in [-0.25, -0.2) is 14.8 Å². The molecule has 1 fully saturated rings. The Morgan fingerprint density at radius 3 is 2.88 bits per heavy atom. The van der Waals surface area contributed by atoms with Crippen molar-refractivity contribution in [3.8, 4) is 5.88 Å². The van der Waals surface area contributed by atoms with Gasteiger partial charge in [-0.3, -0.25) is 0 Å². The lowest BCUT2D eigenvalue weighted by molar-refractivity contribution is 0.0523. The molecule has 24 heavy (non-hydrogen) atoms. The number of anilines is 1. The maximum absolute atomic E-state index is 11.9. The second-order valence-corrected chi connectivity index (χ2v) is 6.87. The van der Waals surface area contributed by atoms with Gasteiger partial charge in [-0.05, 0) is 47.0 Å². The van der Waals surface area contributed by atoms with Crippen LogP contribution in [-0.2, 0) is 4.74 Å². The van der Waals surface area contributed by atoms with E-state index in [0.29, 0.717) is 19.0 Å². The van der Waals surface area contributed by atoms with Crippen molar-refractivity contribution in [2.45, 2.75) is 58.6 Å². The molecule has 0 aliphatic carbocycles. The van der Waals surface area contributed by atoms with Crippen molar-refractivity contribution in [3.05, 3.63) is 12.4 Å². The molecule has 1 N–H and O–H groups in total. The summed E-state index contributed by atoms with van der Waals surface area (Å²) in [4.78, 5) is 22.6. The molecule has 1 unspecified atom stereocenters. The fourth-order valence-electron chi connectivity index (χ4n) is 2.74. The number of rotatable bonds is 5. The third-order valence-corrected chi connectivity index (χ3v) is 3.72. The molecule has 1 aromatic rings. The van der Waals surface area contributed by atoms with Crippen molar-refractivity contribution in [1.82, 2.24) is 15.3 Å². The quantitative estimate of drug-likeness (QED) is 0.891. The van der Waals surface area contributed by atoms with Crippen LogP contribution >= 0.6 is 0 Å². The molecule has 2 heterocycles. The molecule has 1 saturated heterocycles. The minimum atomic E-state index is -0.491. The Morgan fingerprint density at radius 2 is 2.17 bits per heavy atom. The number of amides is 1. The zero-order chi connectivity index (χ0) is 17.6. The standard InChI is InChI=1S/C17H28N4O3/c1-5-23-15-10-14(19-12-20-15)21-9-7-6-8-13(21)11-18-16(22)24-17(2,3)4/h10,12-13H,5-9,11H2,1-4H3,(H,18,22). The summed E-state index contributed by atoms with van der Waals surface area (Å²) >= 11 is 0. The summed E-state index contributed by atoms with van der Waals surface area (Å²) in [5.74, 6) is 1.41. The van der Waals surface area contributed by atoms with E-state index in [0.717, 1.165) is 31.6 Å². The SMILES string of the molecule is CCOc1cc(N2CCCCC2CNC(=O)OC(C)(C)C)ncn1. The zero-order valence-corrected chi connectivity index (χ0v) is 15.0. The Balaban J connectivity index is 2.00. The summed E-state index contributed by atoms with van der Waals surface area (Å²) in [6, 6.07) is 2.05. The van der Waals surface area contributed by atoms with E-state index >= 15 is 0 Å². The summed E-state index contributed by atoms with van der Waals surface area (Å²) < 4.78 is 10.8. The number of piperidine rings is 1. The molecule has 7 heteroatoms. The Bertz CT molecular complexity index is 545. The van der Waals surface area contributed by atoms with Crippen LogP contribution < -0.4 is 15.0 Å². The number of alkyl carbamates (subject to hydrolysis) is 1. The molecule has 0 saturated carbocycles. The predicted octanol–water partition coefficient (Wildman–Crippen LogP) is 2.76. The Hall–Kier alpha value is -2.05. The number of hydrogen-bond donors (Lipinski definition) is 1. The van der Waals surface area contributed by atoms with E-state index < -0.39 is 5.60 Å². The summed E-state index contributed by atoms with van der Waals surface area (Å²) in [5.41, 5.74) is -0.491. The number of carbonyl (C=O) groups excluding carboxylic acids is 1. The normalized spacial score (nSPS) is 18.2. The van der Waals surface area contributed by atoms with E-state index in [9.17, 15) is 4.79 Å². The second kappa shape index (κ2) is 8.17. The summed E-state index contributed by atoms with van der Waals surface area (Å²) in [5, 5.41) is 2.87. The van der Waals surface area contributed by atoms with Gasteiger partial charge in [0.15, 0.2) is 0 Å². The average molecular weight is 336 g/mol. The predicted molar refractivity (Wildman–Crippen MR) is 92.4 cm³/mol. The minimum absolute atomic E-state index is 0.190. The first kappa shape index (κ1) is 18.3. The van der Waals surface area contributed by atoms with E-state index in [2.05, 4.69) is 20.2 Å². The van der Waals surface area contributed by atoms with Crippen molar-refractivity contribution in [1.29, 1.82) is 0 Å². The van der Waals surface area contributed by atoms with Gasteiger partial charge >= 0.3 is 6.09 Å². The third kappa shape index (κ3) is 5.54. The monoisotopic (exact) mass is 336 g/mol. The van der Waals surface area contributed by atoms with Crippen LogP contribution in [0.3, 0.4) is 0 Å². The van der Waals surface area contributed by atoms with Gasteiger partial charge in [-0.1, -0.05) is 0 Å². The molecule has 134 valence electrons. The average Bonchev–Trinajstić information content (AvgIpc) is 2.52. The first-order valence-corrected chi connectivity index (χ1v) is 8.57. The van der Waals surface area contributed by atoms with Crippen molar-refractivity contribution in [2.24, 2.45) is 0 Å². The van der Waals surface area contributed by atoms with E-state index in [4.69, 9.17) is 9.47 Å². The van der Waals surface area contributed by atoms with Gasteiger partial charge in [-0.2, -0.15) is 0 Å². The van der Waals surface area contributed by atoms with E-state index in [1.54, 1.807) is 0 Å². The second-order valence-electron chi connectivity index (χ2n) is 6.87. The topological polar surface area (TPSA) is 76.6 Å². The Morgan fingerprint density at radius 1 is 1.38 bits per heavy atom. The van der Waals surface area contributed by atoms with Crippen molar-refractivity contribution in [3.63, 3.8) is 0 Å². The van der Waals surface area contributed by atoms with Crippen LogP contribution in [0.2, 0.25) is 0 Å². The summed E-state index contributed by atoms with van der Waals surface area (Å²) in [6.45, 7) is 9.50. The van der Waals surface area contributed by atoms with Crippen LogP contribution in [0, 0.1) is 0 Å². The van der Waals surface area contributed by atoms with Crippen LogP contribution in [0.1, 0.15) is 47.0 Å². The van der Waals surface area contributed by atoms with Gasteiger partial charge in [0, 0.05) is 25.2 Å². The fraction of sp³-hybridized carbons (Fsp3) is 0.706. The van der Waals surface area contributed by atoms with Crippen LogP contribution in [0.4, 0.5) is 10.6 Å². The number of carbonyl (C=O) groups is 1. The lowest BCUT2D eigenvalue weighted by Gasteiger charge is -2.36. The highest BCUT2D eigenvalue weighted by Crippen LogP contribution is 2.24. The van der Waals surface area contributed by atoms with E-state index in [1.807, 2.05) is 33.8 Å². The van der Waals surface area contributed by atoms with E-state index in [-0.39, 0.29) is 12.1 Å². The molecular weight excluding hydrogens is 308 g/mol. The summed E-state index contributed by atoms with van der Waals surface area (Å²) in [6.07, 6.45) is 4.39. The van der Waals surface area contributed by atoms with Crippen LogP contribution in [0.25, 0.3) is 0 Å². The largest absolute Gasteiger partial charge is 0.478 e. The number of hydrogen-bond acceptors (Lipinski definition) is 6. The molecule has 1 atom stereocenters. The maximum Gasteiger partial charge on any atom is 0.407 e. The molecule has 1 aromatic heterocycles. The van der Waals surface area contributed by atoms with Crippen molar-refractivity contribution >= 4 is 11.9 Å². The third-order valence-electron chi connectivity index (χ3n) is 3.72. The van der Waals surface area contributed by atoms with Gasteiger partial charge in [0.25, 0.3) is 0 Å². The molecule has 7 nitrogen and oxygen atoms in total. The minimum Gasteiger partial charge on any atom is -0.478 e. The molecule has 1 aliphatic rings. The lowest BCUT2D eigenvalue weighted by Crippen LogP contribution is -2.48. The Labute approximate surface area is 143 Å². The zero-order valence-electron chi connectivity index (χ0n) is 15.0. The highest BCUT2D eigenvalue weighted by Gasteiger charge is 2.25. The van der Waals surface area contributed by atoms with Crippen molar-refractivity contribution < 1.29 is 14.3 Å². The molecular formula is C17H28N4O3. The first-order valence-electron chi connectivity index (χ1n) is 8.57. The highest BCUT2D eigenvalue weighted by atomic mass is 16.6. The maximum atomic E-state index is 11.9. The first-order chi connectivity index (χ1) is 11.4. The van der Waals surface area contributed by atoms with Gasteiger partial charge in [0.1, 0.15) is 17.7 Å². The molecule has 0 bridgehead atoms. The Kier molecular flexibility index (Phi) is 6.23. The molecule has 1 amide bonds. The van der Waals surface area contributed by atoms with Gasteiger partial charge < -0.3 is 19.7 Å². The van der Waals surface area contributed by atoms with Crippen molar-refractivity contribution in [2.75, 3.05) is 24.6 Å². The molecule has 0 spiro atoms. The molecule has 2 rings (SSSR count). The fourth-order valence-corrected chi connectivity index (χ4v) is 2.74. The highest BCUT2D eigenvalue weighted by molar-refractivity contribution is 5.67. The van der Waals surface area contributed by atoms with Crippen LogP contribution in [0.5, 0.6) is 5.88 Å².